The molecule has 0 saturated carbocycles. The van der Waals surface area contributed by atoms with Crippen LogP contribution < -0.4 is 9.47 Å². The van der Waals surface area contributed by atoms with Gasteiger partial charge >= 0.3 is 0 Å². The van der Waals surface area contributed by atoms with Crippen LogP contribution in [-0.4, -0.2) is 32.5 Å². The highest BCUT2D eigenvalue weighted by molar-refractivity contribution is 6.74. The summed E-state index contributed by atoms with van der Waals surface area (Å²) in [6.07, 6.45) is 0. The molecule has 2 aromatic carbocycles. The molecule has 0 spiro atoms. The van der Waals surface area contributed by atoms with Crippen LogP contribution in [0.15, 0.2) is 24.3 Å². The topological polar surface area (TPSA) is 53.5 Å². The summed E-state index contributed by atoms with van der Waals surface area (Å²) in [5.74, 6) is 1.77. The molecule has 0 atom stereocenters. The molecule has 4 aromatic rings. The molecule has 6 heteroatoms. The summed E-state index contributed by atoms with van der Waals surface area (Å²) in [6, 6.07) is 8.69. The van der Waals surface area contributed by atoms with E-state index in [9.17, 15) is 0 Å². The highest BCUT2D eigenvalue weighted by Crippen LogP contribution is 2.41. The van der Waals surface area contributed by atoms with Gasteiger partial charge in [-0.05, 0) is 98.6 Å². The minimum Gasteiger partial charge on any atom is -0.496 e. The van der Waals surface area contributed by atoms with Gasteiger partial charge < -0.3 is 13.9 Å². The average Bonchev–Trinajstić information content (AvgIpc) is 2.83. The highest BCUT2D eigenvalue weighted by atomic mass is 28.4. The van der Waals surface area contributed by atoms with Gasteiger partial charge in [0.15, 0.2) is 8.32 Å². The molecule has 2 heterocycles. The Kier molecular flexibility index (Phi) is 7.36. The molecular weight excluding hydrogens is 488 g/mol. The molecule has 0 fully saturated rings. The molecule has 0 unspecified atom stereocenters. The Labute approximate surface area is 228 Å². The number of benzene rings is 2. The van der Waals surface area contributed by atoms with E-state index in [4.69, 9.17) is 23.9 Å². The van der Waals surface area contributed by atoms with E-state index in [2.05, 4.69) is 85.8 Å². The van der Waals surface area contributed by atoms with Crippen molar-refractivity contribution in [3.05, 3.63) is 57.9 Å². The zero-order chi connectivity index (χ0) is 28.2. The number of methoxy groups -OCH3 is 2. The quantitative estimate of drug-likeness (QED) is 0.234. The fourth-order valence-electron chi connectivity index (χ4n) is 4.84. The molecule has 0 aliphatic rings. The normalized spacial score (nSPS) is 12.4. The van der Waals surface area contributed by atoms with Crippen molar-refractivity contribution in [1.82, 2.24) is 9.97 Å². The molecular formula is C32H42N2O3Si. The minimum absolute atomic E-state index is 0.115. The van der Waals surface area contributed by atoms with E-state index in [0.717, 1.165) is 72.5 Å². The fraction of sp³-hybridized carbons (Fsp3) is 0.438. The molecule has 0 saturated heterocycles. The molecule has 0 aliphatic carbocycles. The Balaban J connectivity index is 2.00. The van der Waals surface area contributed by atoms with Gasteiger partial charge in [-0.25, -0.2) is 4.98 Å². The van der Waals surface area contributed by atoms with E-state index >= 15 is 0 Å². The van der Waals surface area contributed by atoms with Crippen LogP contribution in [0.4, 0.5) is 0 Å². The Morgan fingerprint density at radius 3 is 1.97 bits per heavy atom. The Morgan fingerprint density at radius 1 is 0.763 bits per heavy atom. The first kappa shape index (κ1) is 28.1. The number of nitrogens with zero attached hydrogens (tertiary/aromatic N) is 2. The Morgan fingerprint density at radius 2 is 1.37 bits per heavy atom. The molecule has 0 N–H and O–H groups in total. The summed E-state index contributed by atoms with van der Waals surface area (Å²) in [6.45, 7) is 22.3. The number of aromatic nitrogens is 2. The number of fused-ring (bicyclic) bond motifs is 2. The smallest absolute Gasteiger partial charge is 0.192 e. The average molecular weight is 531 g/mol. The number of hydrogen-bond acceptors (Lipinski definition) is 5. The third-order valence-electron chi connectivity index (χ3n) is 8.45. The number of rotatable bonds is 6. The van der Waals surface area contributed by atoms with Crippen LogP contribution in [-0.2, 0) is 11.0 Å². The summed E-state index contributed by atoms with van der Waals surface area (Å²) in [7, 11) is 1.51. The zero-order valence-corrected chi connectivity index (χ0v) is 26.1. The first-order valence-corrected chi connectivity index (χ1v) is 16.2. The predicted octanol–water partition coefficient (Wildman–Crippen LogP) is 8.53. The maximum atomic E-state index is 6.60. The summed E-state index contributed by atoms with van der Waals surface area (Å²) < 4.78 is 18.4. The lowest BCUT2D eigenvalue weighted by Gasteiger charge is -2.36. The summed E-state index contributed by atoms with van der Waals surface area (Å²) in [4.78, 5) is 10.3. The molecule has 4 rings (SSSR count). The fourth-order valence-corrected chi connectivity index (χ4v) is 5.78. The van der Waals surface area contributed by atoms with Gasteiger partial charge in [-0.3, -0.25) is 4.98 Å². The Hall–Kier alpha value is -2.96. The van der Waals surface area contributed by atoms with Crippen molar-refractivity contribution in [3.63, 3.8) is 0 Å². The van der Waals surface area contributed by atoms with Crippen molar-refractivity contribution >= 4 is 29.9 Å². The van der Waals surface area contributed by atoms with Crippen LogP contribution in [0.1, 0.15) is 54.4 Å². The number of hydrogen-bond donors (Lipinski definition) is 0. The SMILES string of the molecule is COc1c(C)c(C)cc2c(-c3cc4cc(C)c(C)c(OC)c4c(C)n3)nc(CO[Si](C)(C)C(C)(C)C)cc12. The van der Waals surface area contributed by atoms with Gasteiger partial charge in [0.2, 0.25) is 0 Å². The third-order valence-corrected chi connectivity index (χ3v) is 12.9. The first-order valence-electron chi connectivity index (χ1n) is 13.3. The second-order valence-electron chi connectivity index (χ2n) is 12.0. The lowest BCUT2D eigenvalue weighted by Crippen LogP contribution is -2.40. The maximum absolute atomic E-state index is 6.60. The van der Waals surface area contributed by atoms with Crippen LogP contribution >= 0.6 is 0 Å². The van der Waals surface area contributed by atoms with Gasteiger partial charge in [0.1, 0.15) is 11.5 Å². The van der Waals surface area contributed by atoms with E-state index in [1.54, 1.807) is 14.2 Å². The van der Waals surface area contributed by atoms with Crippen LogP contribution in [0.3, 0.4) is 0 Å². The lowest BCUT2D eigenvalue weighted by molar-refractivity contribution is 0.272. The van der Waals surface area contributed by atoms with Crippen LogP contribution in [0.25, 0.3) is 32.9 Å². The van der Waals surface area contributed by atoms with Crippen molar-refractivity contribution in [2.75, 3.05) is 14.2 Å². The van der Waals surface area contributed by atoms with E-state index in [1.165, 1.54) is 5.56 Å². The summed E-state index contributed by atoms with van der Waals surface area (Å²) in [5, 5.41) is 4.32. The molecule has 38 heavy (non-hydrogen) atoms. The monoisotopic (exact) mass is 530 g/mol. The molecule has 2 aromatic heterocycles. The molecule has 0 radical (unpaired) electrons. The van der Waals surface area contributed by atoms with Crippen LogP contribution in [0.5, 0.6) is 11.5 Å². The standard InChI is InChI=1S/C32H42N2O3Si/c1-18-13-23-15-27(33-22(5)28(23)31(36-10)21(18)4)29-25-14-19(2)20(3)30(35-9)26(25)16-24(34-29)17-37-38(11,12)32(6,7)8/h13-16H,17H2,1-12H3. The third kappa shape index (κ3) is 4.80. The molecule has 0 aliphatic heterocycles. The second-order valence-corrected chi connectivity index (χ2v) is 16.8. The van der Waals surface area contributed by atoms with Gasteiger partial charge in [-0.15, -0.1) is 0 Å². The molecule has 5 nitrogen and oxygen atoms in total. The molecule has 202 valence electrons. The van der Waals surface area contributed by atoms with Crippen LogP contribution in [0.2, 0.25) is 18.1 Å². The van der Waals surface area contributed by atoms with Gasteiger partial charge in [0.05, 0.1) is 37.9 Å². The van der Waals surface area contributed by atoms with E-state index in [-0.39, 0.29) is 5.04 Å². The maximum Gasteiger partial charge on any atom is 0.192 e. The van der Waals surface area contributed by atoms with Crippen molar-refractivity contribution in [2.45, 2.75) is 80.1 Å². The first-order chi connectivity index (χ1) is 17.7. The number of pyridine rings is 2. The predicted molar refractivity (Wildman–Crippen MR) is 161 cm³/mol. The van der Waals surface area contributed by atoms with Gasteiger partial charge in [0.25, 0.3) is 0 Å². The van der Waals surface area contributed by atoms with Crippen molar-refractivity contribution in [2.24, 2.45) is 0 Å². The van der Waals surface area contributed by atoms with Crippen molar-refractivity contribution in [1.29, 1.82) is 0 Å². The minimum atomic E-state index is -1.96. The largest absolute Gasteiger partial charge is 0.496 e. The van der Waals surface area contributed by atoms with Gasteiger partial charge in [-0.1, -0.05) is 26.8 Å². The highest BCUT2D eigenvalue weighted by Gasteiger charge is 2.37. The van der Waals surface area contributed by atoms with Crippen LogP contribution in [0, 0.1) is 34.6 Å². The van der Waals surface area contributed by atoms with Gasteiger partial charge in [-0.2, -0.15) is 0 Å². The van der Waals surface area contributed by atoms with E-state index in [0.29, 0.717) is 6.61 Å². The summed E-state index contributed by atoms with van der Waals surface area (Å²) >= 11 is 0. The van der Waals surface area contributed by atoms with E-state index in [1.807, 2.05) is 6.92 Å². The van der Waals surface area contributed by atoms with Crippen molar-refractivity contribution < 1.29 is 13.9 Å². The summed E-state index contributed by atoms with van der Waals surface area (Å²) in [5.41, 5.74) is 8.11. The zero-order valence-electron chi connectivity index (χ0n) is 25.1. The number of aryl methyl sites for hydroxylation is 3. The lowest BCUT2D eigenvalue weighted by atomic mass is 9.96. The molecule has 0 bridgehead atoms. The number of ether oxygens (including phenoxy) is 2. The van der Waals surface area contributed by atoms with E-state index < -0.39 is 8.32 Å². The molecule has 0 amide bonds. The van der Waals surface area contributed by atoms with Gasteiger partial charge in [0, 0.05) is 21.9 Å². The second kappa shape index (κ2) is 9.97. The Bertz CT molecular complexity index is 1550. The van der Waals surface area contributed by atoms with Crippen molar-refractivity contribution in [3.8, 4) is 22.9 Å².